The van der Waals surface area contributed by atoms with Gasteiger partial charge in [-0.25, -0.2) is 6.57 Å². The topological polar surface area (TPSA) is 30.7 Å². The minimum atomic E-state index is -0.247. The fraction of sp³-hybridized carbons (Fsp3) is 0.273. The molecule has 14 heavy (non-hydrogen) atoms. The van der Waals surface area contributed by atoms with Crippen LogP contribution in [0.25, 0.3) is 4.85 Å². The van der Waals surface area contributed by atoms with Crippen molar-refractivity contribution in [3.8, 4) is 0 Å². The summed E-state index contributed by atoms with van der Waals surface area (Å²) < 4.78 is 4.54. The van der Waals surface area contributed by atoms with Gasteiger partial charge in [0, 0.05) is 5.56 Å². The van der Waals surface area contributed by atoms with Crippen molar-refractivity contribution in [1.82, 2.24) is 0 Å². The van der Waals surface area contributed by atoms with Gasteiger partial charge in [-0.15, -0.1) is 0 Å². The van der Waals surface area contributed by atoms with E-state index in [0.717, 1.165) is 11.1 Å². The highest BCUT2D eigenvalue weighted by Crippen LogP contribution is 2.06. The van der Waals surface area contributed by atoms with Crippen LogP contribution in [0, 0.1) is 6.57 Å². The molecular weight excluding hydrogens is 178 g/mol. The van der Waals surface area contributed by atoms with Crippen molar-refractivity contribution in [3.05, 3.63) is 46.8 Å². The molecule has 0 aliphatic heterocycles. The Balaban J connectivity index is 2.65. The van der Waals surface area contributed by atoms with Gasteiger partial charge in [0.05, 0.1) is 13.5 Å². The maximum atomic E-state index is 10.9. The molecule has 1 aromatic carbocycles. The van der Waals surface area contributed by atoms with E-state index in [2.05, 4.69) is 9.58 Å². The molecule has 0 aromatic heterocycles. The van der Waals surface area contributed by atoms with Crippen LogP contribution < -0.4 is 0 Å². The lowest BCUT2D eigenvalue weighted by molar-refractivity contribution is -0.139. The Morgan fingerprint density at radius 3 is 2.43 bits per heavy atom. The van der Waals surface area contributed by atoms with Gasteiger partial charge >= 0.3 is 5.97 Å². The molecule has 3 nitrogen and oxygen atoms in total. The molecule has 0 bridgehead atoms. The number of nitrogens with zero attached hydrogens (tertiary/aromatic N) is 1. The Bertz CT molecular complexity index is 349. The van der Waals surface area contributed by atoms with Crippen molar-refractivity contribution in [2.75, 3.05) is 7.11 Å². The third-order valence-electron chi connectivity index (χ3n) is 1.86. The summed E-state index contributed by atoms with van der Waals surface area (Å²) in [5.41, 5.74) is 1.87. The highest BCUT2D eigenvalue weighted by molar-refractivity contribution is 5.72. The Labute approximate surface area is 83.1 Å². The lowest BCUT2D eigenvalue weighted by Crippen LogP contribution is -2.04. The van der Waals surface area contributed by atoms with E-state index in [1.807, 2.05) is 24.3 Å². The molecular formula is C11H11NO2. The Morgan fingerprint density at radius 2 is 1.93 bits per heavy atom. The summed E-state index contributed by atoms with van der Waals surface area (Å²) in [6, 6.07) is 7.40. The molecule has 1 aromatic rings. The van der Waals surface area contributed by atoms with Gasteiger partial charge in [-0.1, -0.05) is 24.3 Å². The Morgan fingerprint density at radius 1 is 1.36 bits per heavy atom. The van der Waals surface area contributed by atoms with Crippen molar-refractivity contribution < 1.29 is 9.53 Å². The molecule has 0 spiro atoms. The van der Waals surface area contributed by atoms with Crippen molar-refractivity contribution >= 4 is 5.97 Å². The van der Waals surface area contributed by atoms with Gasteiger partial charge in [-0.3, -0.25) is 4.79 Å². The second-order valence-corrected chi connectivity index (χ2v) is 2.89. The molecule has 0 N–H and O–H groups in total. The number of esters is 1. The first-order valence-corrected chi connectivity index (χ1v) is 4.24. The van der Waals surface area contributed by atoms with E-state index in [-0.39, 0.29) is 12.4 Å². The quantitative estimate of drug-likeness (QED) is 0.536. The zero-order chi connectivity index (χ0) is 10.4. The van der Waals surface area contributed by atoms with Crippen LogP contribution in [0.15, 0.2) is 24.3 Å². The van der Waals surface area contributed by atoms with Crippen molar-refractivity contribution in [2.45, 2.75) is 13.0 Å². The van der Waals surface area contributed by atoms with Crippen LogP contribution in [0.5, 0.6) is 0 Å². The van der Waals surface area contributed by atoms with E-state index in [0.29, 0.717) is 6.54 Å². The number of benzene rings is 1. The first kappa shape index (κ1) is 10.3. The molecule has 0 unspecified atom stereocenters. The number of ether oxygens (including phenoxy) is 1. The molecule has 0 atom stereocenters. The highest BCUT2D eigenvalue weighted by Gasteiger charge is 2.02. The number of hydrogen-bond donors (Lipinski definition) is 0. The smallest absolute Gasteiger partial charge is 0.309 e. The predicted molar refractivity (Wildman–Crippen MR) is 52.5 cm³/mol. The summed E-state index contributed by atoms with van der Waals surface area (Å²) in [7, 11) is 1.37. The van der Waals surface area contributed by atoms with Crippen LogP contribution in [0.3, 0.4) is 0 Å². The normalized spacial score (nSPS) is 9.14. The van der Waals surface area contributed by atoms with Crippen molar-refractivity contribution in [3.63, 3.8) is 0 Å². The summed E-state index contributed by atoms with van der Waals surface area (Å²) in [5, 5.41) is 0. The molecule has 0 fully saturated rings. The van der Waals surface area contributed by atoms with E-state index in [1.165, 1.54) is 7.11 Å². The number of rotatable bonds is 3. The zero-order valence-corrected chi connectivity index (χ0v) is 7.99. The second-order valence-electron chi connectivity index (χ2n) is 2.89. The summed E-state index contributed by atoms with van der Waals surface area (Å²) >= 11 is 0. The van der Waals surface area contributed by atoms with E-state index in [9.17, 15) is 4.79 Å². The number of carbonyl (C=O) groups is 1. The molecule has 0 heterocycles. The summed E-state index contributed by atoms with van der Waals surface area (Å²) in [6.07, 6.45) is 0.287. The summed E-state index contributed by atoms with van der Waals surface area (Å²) in [6.45, 7) is 7.07. The van der Waals surface area contributed by atoms with E-state index in [1.54, 1.807) is 0 Å². The van der Waals surface area contributed by atoms with Gasteiger partial charge < -0.3 is 9.58 Å². The van der Waals surface area contributed by atoms with Crippen LogP contribution in [0.4, 0.5) is 0 Å². The van der Waals surface area contributed by atoms with Crippen molar-refractivity contribution in [1.29, 1.82) is 0 Å². The summed E-state index contributed by atoms with van der Waals surface area (Å²) in [4.78, 5) is 14.2. The van der Waals surface area contributed by atoms with Crippen LogP contribution in [0.1, 0.15) is 11.1 Å². The first-order valence-electron chi connectivity index (χ1n) is 4.24. The predicted octanol–water partition coefficient (Wildman–Crippen LogP) is 1.82. The first-order chi connectivity index (χ1) is 6.76. The molecule has 0 aliphatic rings. The third kappa shape index (κ3) is 2.91. The fourth-order valence-corrected chi connectivity index (χ4v) is 1.09. The van der Waals surface area contributed by atoms with Crippen molar-refractivity contribution in [2.24, 2.45) is 0 Å². The average molecular weight is 189 g/mol. The van der Waals surface area contributed by atoms with Gasteiger partial charge in [0.1, 0.15) is 0 Å². The van der Waals surface area contributed by atoms with Gasteiger partial charge in [0.15, 0.2) is 0 Å². The molecule has 1 rings (SSSR count). The minimum absolute atomic E-state index is 0.247. The molecule has 0 amide bonds. The van der Waals surface area contributed by atoms with Gasteiger partial charge in [0.25, 0.3) is 0 Å². The van der Waals surface area contributed by atoms with Crippen LogP contribution in [-0.4, -0.2) is 13.1 Å². The molecule has 0 saturated heterocycles. The monoisotopic (exact) mass is 189 g/mol. The second kappa shape index (κ2) is 5.03. The van der Waals surface area contributed by atoms with Crippen LogP contribution in [-0.2, 0) is 22.5 Å². The number of carbonyl (C=O) groups excluding carboxylic acids is 1. The maximum absolute atomic E-state index is 10.9. The SMILES string of the molecule is [C-]#[N+]Cc1ccc(CC(=O)OC)cc1. The Hall–Kier alpha value is -1.82. The van der Waals surface area contributed by atoms with Gasteiger partial charge in [-0.2, -0.15) is 0 Å². The zero-order valence-electron chi connectivity index (χ0n) is 7.99. The number of hydrogen-bond acceptors (Lipinski definition) is 2. The largest absolute Gasteiger partial charge is 0.469 e. The van der Waals surface area contributed by atoms with Crippen LogP contribution in [0.2, 0.25) is 0 Å². The van der Waals surface area contributed by atoms with E-state index in [4.69, 9.17) is 6.57 Å². The average Bonchev–Trinajstić information content (AvgIpc) is 2.21. The minimum Gasteiger partial charge on any atom is -0.469 e. The maximum Gasteiger partial charge on any atom is 0.309 e. The molecule has 0 radical (unpaired) electrons. The highest BCUT2D eigenvalue weighted by atomic mass is 16.5. The van der Waals surface area contributed by atoms with Gasteiger partial charge in [-0.05, 0) is 5.56 Å². The lowest BCUT2D eigenvalue weighted by Gasteiger charge is -1.99. The van der Waals surface area contributed by atoms with E-state index < -0.39 is 0 Å². The molecule has 0 aliphatic carbocycles. The Kier molecular flexibility index (Phi) is 3.69. The van der Waals surface area contributed by atoms with Crippen LogP contribution >= 0.6 is 0 Å². The molecule has 72 valence electrons. The lowest BCUT2D eigenvalue weighted by atomic mass is 10.1. The molecule has 3 heteroatoms. The van der Waals surface area contributed by atoms with Gasteiger partial charge in [0.2, 0.25) is 6.54 Å². The fourth-order valence-electron chi connectivity index (χ4n) is 1.09. The van der Waals surface area contributed by atoms with E-state index >= 15 is 0 Å². The standard InChI is InChI=1S/C11H11NO2/c1-12-8-10-5-3-9(4-6-10)7-11(13)14-2/h3-6H,7-8H2,2H3. The number of methoxy groups -OCH3 is 1. The third-order valence-corrected chi connectivity index (χ3v) is 1.86. The summed E-state index contributed by atoms with van der Waals surface area (Å²) in [5.74, 6) is -0.247. The molecule has 0 saturated carbocycles.